The summed E-state index contributed by atoms with van der Waals surface area (Å²) in [5.41, 5.74) is 4.90. The van der Waals surface area contributed by atoms with E-state index in [2.05, 4.69) is 25.6 Å². The second-order valence-electron chi connectivity index (χ2n) is 2.85. The number of nitrogens with one attached hydrogen (secondary N) is 2. The molecule has 0 aliphatic heterocycles. The van der Waals surface area contributed by atoms with Gasteiger partial charge in [0.1, 0.15) is 0 Å². The summed E-state index contributed by atoms with van der Waals surface area (Å²) in [6, 6.07) is -0.304. The molecule has 0 unspecified atom stereocenters. The molecule has 1 rings (SSSR count). The molecule has 0 saturated carbocycles. The van der Waals surface area contributed by atoms with Crippen molar-refractivity contribution in [3.05, 3.63) is 0 Å². The number of carbonyl (C=O) groups excluding carboxylic acids is 1. The van der Waals surface area contributed by atoms with Crippen molar-refractivity contribution >= 4 is 12.0 Å². The maximum atomic E-state index is 10.4. The fourth-order valence-electron chi connectivity index (χ4n) is 0.960. The maximum Gasteiger partial charge on any atom is 0.324 e. The highest BCUT2D eigenvalue weighted by atomic mass is 16.5. The van der Waals surface area contributed by atoms with Crippen molar-refractivity contribution in [3.8, 4) is 12.0 Å². The van der Waals surface area contributed by atoms with Gasteiger partial charge in [0.05, 0.1) is 14.2 Å². The summed E-state index contributed by atoms with van der Waals surface area (Å²) in [6.45, 7) is 0.769. The Morgan fingerprint density at radius 1 is 1.18 bits per heavy atom. The van der Waals surface area contributed by atoms with Gasteiger partial charge in [-0.2, -0.15) is 9.97 Å². The van der Waals surface area contributed by atoms with E-state index in [1.165, 1.54) is 14.2 Å². The summed E-state index contributed by atoms with van der Waals surface area (Å²) >= 11 is 0. The Morgan fingerprint density at radius 2 is 1.76 bits per heavy atom. The number of hydrogen-bond donors (Lipinski definition) is 3. The van der Waals surface area contributed by atoms with Crippen LogP contribution < -0.4 is 25.8 Å². The molecule has 0 fully saturated rings. The lowest BCUT2D eigenvalue weighted by molar-refractivity contribution is 0.249. The minimum atomic E-state index is -0.586. The molecule has 17 heavy (non-hydrogen) atoms. The summed E-state index contributed by atoms with van der Waals surface area (Å²) in [7, 11) is 2.88. The molecule has 9 heteroatoms. The van der Waals surface area contributed by atoms with Gasteiger partial charge in [-0.15, -0.1) is 4.98 Å². The van der Waals surface area contributed by atoms with Gasteiger partial charge in [0.25, 0.3) is 0 Å². The molecule has 0 radical (unpaired) electrons. The van der Waals surface area contributed by atoms with Crippen molar-refractivity contribution in [2.45, 2.75) is 0 Å². The Kier molecular flexibility index (Phi) is 4.73. The fourth-order valence-corrected chi connectivity index (χ4v) is 0.960. The molecule has 94 valence electrons. The largest absolute Gasteiger partial charge is 0.467 e. The zero-order valence-electron chi connectivity index (χ0n) is 9.56. The normalized spacial score (nSPS) is 9.53. The van der Waals surface area contributed by atoms with Gasteiger partial charge >= 0.3 is 18.1 Å². The molecule has 4 N–H and O–H groups in total. The molecule has 2 amide bonds. The predicted octanol–water partition coefficient (Wildman–Crippen LogP) is -1.03. The number of rotatable bonds is 6. The minimum absolute atomic E-state index is 0.141. The Labute approximate surface area is 97.7 Å². The van der Waals surface area contributed by atoms with Gasteiger partial charge in [-0.05, 0) is 0 Å². The van der Waals surface area contributed by atoms with Crippen molar-refractivity contribution in [3.63, 3.8) is 0 Å². The predicted molar refractivity (Wildman–Crippen MR) is 59.0 cm³/mol. The van der Waals surface area contributed by atoms with E-state index >= 15 is 0 Å². The zero-order chi connectivity index (χ0) is 12.7. The first-order valence-corrected chi connectivity index (χ1v) is 4.77. The van der Waals surface area contributed by atoms with Crippen molar-refractivity contribution in [2.75, 3.05) is 32.6 Å². The summed E-state index contributed by atoms with van der Waals surface area (Å²) in [5, 5.41) is 5.27. The number of aromatic nitrogens is 3. The van der Waals surface area contributed by atoms with Crippen LogP contribution >= 0.6 is 0 Å². The van der Waals surface area contributed by atoms with E-state index in [9.17, 15) is 4.79 Å². The third kappa shape index (κ3) is 4.36. The van der Waals surface area contributed by atoms with Crippen LogP contribution in [0.15, 0.2) is 0 Å². The van der Waals surface area contributed by atoms with Crippen molar-refractivity contribution < 1.29 is 14.3 Å². The topological polar surface area (TPSA) is 124 Å². The van der Waals surface area contributed by atoms with Gasteiger partial charge < -0.3 is 25.8 Å². The lowest BCUT2D eigenvalue weighted by Crippen LogP contribution is -2.33. The van der Waals surface area contributed by atoms with Gasteiger partial charge in [-0.1, -0.05) is 0 Å². The highest BCUT2D eigenvalue weighted by Gasteiger charge is 2.06. The SMILES string of the molecule is COc1nc(NCCNC(N)=O)nc(OC)n1. The molecule has 0 aliphatic rings. The highest BCUT2D eigenvalue weighted by Crippen LogP contribution is 2.11. The molecule has 0 saturated heterocycles. The number of urea groups is 1. The number of nitrogens with two attached hydrogens (primary N) is 1. The van der Waals surface area contributed by atoms with Gasteiger partial charge in [-0.25, -0.2) is 4.79 Å². The molecular weight excluding hydrogens is 228 g/mol. The average molecular weight is 242 g/mol. The van der Waals surface area contributed by atoms with Gasteiger partial charge in [0, 0.05) is 13.1 Å². The molecule has 1 aromatic rings. The molecule has 0 aliphatic carbocycles. The standard InChI is InChI=1S/C8H14N6O3/c1-16-7-12-6(13-8(14-7)17-2)11-4-3-10-5(9)15/h3-4H2,1-2H3,(H3,9,10,15)(H,11,12,13,14). The molecule has 1 heterocycles. The zero-order valence-corrected chi connectivity index (χ0v) is 9.56. The van der Waals surface area contributed by atoms with Crippen LogP contribution in [0, 0.1) is 0 Å². The van der Waals surface area contributed by atoms with Crippen LogP contribution in [-0.4, -0.2) is 48.3 Å². The lowest BCUT2D eigenvalue weighted by Gasteiger charge is -2.07. The van der Waals surface area contributed by atoms with Gasteiger partial charge in [0.2, 0.25) is 5.95 Å². The van der Waals surface area contributed by atoms with E-state index in [1.807, 2.05) is 0 Å². The van der Waals surface area contributed by atoms with Gasteiger partial charge in [0.15, 0.2) is 0 Å². The number of ether oxygens (including phenoxy) is 2. The van der Waals surface area contributed by atoms with Crippen molar-refractivity contribution in [2.24, 2.45) is 5.73 Å². The van der Waals surface area contributed by atoms with Crippen LogP contribution in [0.3, 0.4) is 0 Å². The number of carbonyl (C=O) groups is 1. The van der Waals surface area contributed by atoms with E-state index in [0.29, 0.717) is 19.0 Å². The first-order valence-electron chi connectivity index (χ1n) is 4.77. The lowest BCUT2D eigenvalue weighted by atomic mass is 10.6. The number of primary amides is 1. The van der Waals surface area contributed by atoms with E-state index < -0.39 is 6.03 Å². The summed E-state index contributed by atoms with van der Waals surface area (Å²) in [4.78, 5) is 22.1. The third-order valence-electron chi connectivity index (χ3n) is 1.67. The molecular formula is C8H14N6O3. The molecule has 0 aromatic carbocycles. The number of nitrogens with zero attached hydrogens (tertiary/aromatic N) is 3. The molecule has 0 spiro atoms. The highest BCUT2D eigenvalue weighted by molar-refractivity contribution is 5.71. The second-order valence-corrected chi connectivity index (χ2v) is 2.85. The van der Waals surface area contributed by atoms with E-state index in [4.69, 9.17) is 15.2 Å². The van der Waals surface area contributed by atoms with E-state index in [1.54, 1.807) is 0 Å². The Balaban J connectivity index is 2.54. The third-order valence-corrected chi connectivity index (χ3v) is 1.67. The number of anilines is 1. The smallest absolute Gasteiger partial charge is 0.324 e. The molecule has 1 aromatic heterocycles. The van der Waals surface area contributed by atoms with Crippen LogP contribution in [0.5, 0.6) is 12.0 Å². The summed E-state index contributed by atoms with van der Waals surface area (Å²) in [5.74, 6) is 0.292. The van der Waals surface area contributed by atoms with Crippen molar-refractivity contribution in [1.29, 1.82) is 0 Å². The quantitative estimate of drug-likeness (QED) is 0.544. The number of amides is 2. The second kappa shape index (κ2) is 6.30. The Bertz CT molecular complexity index is 363. The minimum Gasteiger partial charge on any atom is -0.467 e. The first-order chi connectivity index (χ1) is 8.15. The molecule has 0 bridgehead atoms. The molecule has 0 atom stereocenters. The monoisotopic (exact) mass is 242 g/mol. The van der Waals surface area contributed by atoms with E-state index in [0.717, 1.165) is 0 Å². The fraction of sp³-hybridized carbons (Fsp3) is 0.500. The Hall–Kier alpha value is -2.32. The van der Waals surface area contributed by atoms with Crippen molar-refractivity contribution in [1.82, 2.24) is 20.3 Å². The number of hydrogen-bond acceptors (Lipinski definition) is 7. The maximum absolute atomic E-state index is 10.4. The van der Waals surface area contributed by atoms with Crippen LogP contribution in [0.25, 0.3) is 0 Å². The van der Waals surface area contributed by atoms with Crippen LogP contribution in [-0.2, 0) is 0 Å². The van der Waals surface area contributed by atoms with E-state index in [-0.39, 0.29) is 12.0 Å². The first kappa shape index (κ1) is 12.7. The van der Waals surface area contributed by atoms with Crippen LogP contribution in [0.1, 0.15) is 0 Å². The number of methoxy groups -OCH3 is 2. The summed E-state index contributed by atoms with van der Waals surface area (Å²) in [6.07, 6.45) is 0. The Morgan fingerprint density at radius 3 is 2.24 bits per heavy atom. The van der Waals surface area contributed by atoms with Crippen LogP contribution in [0.4, 0.5) is 10.7 Å². The summed E-state index contributed by atoms with van der Waals surface area (Å²) < 4.78 is 9.74. The van der Waals surface area contributed by atoms with Gasteiger partial charge in [-0.3, -0.25) is 0 Å². The molecule has 9 nitrogen and oxygen atoms in total. The van der Waals surface area contributed by atoms with Crippen LogP contribution in [0.2, 0.25) is 0 Å². The average Bonchev–Trinajstić information content (AvgIpc) is 2.34.